The number of nitrogen functional groups attached to an aromatic ring is 2. The number of anilines is 2. The van der Waals surface area contributed by atoms with Crippen LogP contribution in [-0.4, -0.2) is 10.5 Å². The standard InChI is InChI=1S/C20H38N6O2/c1-3-5-7-11-15-25-17(19(21)27-23-25)13-9-10-14-18-20(22)28-24-26(18)16-12-8-6-4-2/h3-16,21-22H2,1-2H3/q+2. The zero-order valence-corrected chi connectivity index (χ0v) is 17.7. The first-order valence-electron chi connectivity index (χ1n) is 11.0. The number of nitrogens with two attached hydrogens (primary N) is 2. The first-order valence-corrected chi connectivity index (χ1v) is 11.0. The molecule has 0 aromatic carbocycles. The van der Waals surface area contributed by atoms with Crippen LogP contribution in [0, 0.1) is 0 Å². The number of hydrogen-bond acceptors (Lipinski definition) is 6. The van der Waals surface area contributed by atoms with E-state index in [0.717, 1.165) is 63.0 Å². The minimum absolute atomic E-state index is 0.436. The Bertz CT molecular complexity index is 624. The average molecular weight is 395 g/mol. The van der Waals surface area contributed by atoms with Gasteiger partial charge in [0.1, 0.15) is 0 Å². The van der Waals surface area contributed by atoms with E-state index in [0.29, 0.717) is 11.8 Å². The molecule has 28 heavy (non-hydrogen) atoms. The molecular formula is C20H38N6O2+2. The van der Waals surface area contributed by atoms with E-state index >= 15 is 0 Å². The quantitative estimate of drug-likeness (QED) is 0.354. The smallest absolute Gasteiger partial charge is 0.296 e. The second-order valence-electron chi connectivity index (χ2n) is 7.54. The molecule has 2 heterocycles. The third-order valence-electron chi connectivity index (χ3n) is 5.19. The Morgan fingerprint density at radius 1 is 0.643 bits per heavy atom. The number of hydrogen-bond donors (Lipinski definition) is 2. The fourth-order valence-corrected chi connectivity index (χ4v) is 3.46. The summed E-state index contributed by atoms with van der Waals surface area (Å²) in [6, 6.07) is 0. The summed E-state index contributed by atoms with van der Waals surface area (Å²) in [6.07, 6.45) is 13.3. The van der Waals surface area contributed by atoms with E-state index in [2.05, 4.69) is 24.4 Å². The Balaban J connectivity index is 1.78. The Morgan fingerprint density at radius 2 is 1.07 bits per heavy atom. The van der Waals surface area contributed by atoms with Gasteiger partial charge in [0.2, 0.25) is 10.5 Å². The molecule has 0 radical (unpaired) electrons. The van der Waals surface area contributed by atoms with Crippen molar-refractivity contribution >= 4 is 11.8 Å². The van der Waals surface area contributed by atoms with E-state index in [1.54, 1.807) is 0 Å². The summed E-state index contributed by atoms with van der Waals surface area (Å²) < 4.78 is 14.2. The maximum atomic E-state index is 5.98. The monoisotopic (exact) mass is 394 g/mol. The van der Waals surface area contributed by atoms with Crippen LogP contribution in [0.25, 0.3) is 0 Å². The molecule has 158 valence electrons. The van der Waals surface area contributed by atoms with E-state index in [4.69, 9.17) is 20.5 Å². The van der Waals surface area contributed by atoms with Crippen LogP contribution in [-0.2, 0) is 25.9 Å². The lowest BCUT2D eigenvalue weighted by Gasteiger charge is -1.98. The summed E-state index contributed by atoms with van der Waals surface area (Å²) in [5.74, 6) is 0.872. The molecule has 4 N–H and O–H groups in total. The second kappa shape index (κ2) is 12.4. The average Bonchev–Trinajstić information content (AvgIpc) is 3.22. The van der Waals surface area contributed by atoms with E-state index in [1.165, 1.54) is 38.5 Å². The van der Waals surface area contributed by atoms with Crippen molar-refractivity contribution in [1.82, 2.24) is 10.5 Å². The van der Waals surface area contributed by atoms with Gasteiger partial charge in [0.25, 0.3) is 23.2 Å². The number of nitrogens with zero attached hydrogens (tertiary/aromatic N) is 4. The molecule has 0 saturated carbocycles. The molecule has 0 bridgehead atoms. The van der Waals surface area contributed by atoms with Gasteiger partial charge in [-0.15, -0.1) is 0 Å². The topological polar surface area (TPSA) is 112 Å². The highest BCUT2D eigenvalue weighted by molar-refractivity contribution is 5.26. The lowest BCUT2D eigenvalue weighted by Crippen LogP contribution is -2.40. The lowest BCUT2D eigenvalue weighted by molar-refractivity contribution is -0.769. The summed E-state index contributed by atoms with van der Waals surface area (Å²) in [5.41, 5.74) is 14.0. The Hall–Kier alpha value is -2.12. The molecule has 0 spiro atoms. The molecule has 8 nitrogen and oxygen atoms in total. The van der Waals surface area contributed by atoms with Crippen molar-refractivity contribution in [1.29, 1.82) is 0 Å². The van der Waals surface area contributed by atoms with Crippen LogP contribution in [0.5, 0.6) is 0 Å². The number of aromatic nitrogens is 4. The van der Waals surface area contributed by atoms with Crippen molar-refractivity contribution in [3.8, 4) is 0 Å². The molecule has 0 unspecified atom stereocenters. The third-order valence-corrected chi connectivity index (χ3v) is 5.19. The molecule has 0 atom stereocenters. The van der Waals surface area contributed by atoms with Crippen LogP contribution in [0.1, 0.15) is 89.4 Å². The molecular weight excluding hydrogens is 356 g/mol. The van der Waals surface area contributed by atoms with Crippen molar-refractivity contribution in [2.75, 3.05) is 11.5 Å². The third kappa shape index (κ3) is 6.80. The van der Waals surface area contributed by atoms with E-state index < -0.39 is 0 Å². The summed E-state index contributed by atoms with van der Waals surface area (Å²) in [4.78, 5) is 0. The normalized spacial score (nSPS) is 11.4. The van der Waals surface area contributed by atoms with Gasteiger partial charge in [-0.25, -0.2) is 0 Å². The fourth-order valence-electron chi connectivity index (χ4n) is 3.46. The molecule has 2 rings (SSSR count). The van der Waals surface area contributed by atoms with Gasteiger partial charge < -0.3 is 11.5 Å². The molecule has 0 fully saturated rings. The van der Waals surface area contributed by atoms with Crippen molar-refractivity contribution < 1.29 is 18.4 Å². The minimum Gasteiger partial charge on any atom is -0.362 e. The van der Waals surface area contributed by atoms with Crippen molar-refractivity contribution in [3.63, 3.8) is 0 Å². The maximum Gasteiger partial charge on any atom is 0.296 e. The SMILES string of the molecule is CCCCCC[n+]1noc(N)c1CCCCc1c(N)on[n+]1CCCCCC. The van der Waals surface area contributed by atoms with E-state index in [-0.39, 0.29) is 0 Å². The van der Waals surface area contributed by atoms with Crippen molar-refractivity contribution in [3.05, 3.63) is 11.4 Å². The van der Waals surface area contributed by atoms with E-state index in [1.807, 2.05) is 9.36 Å². The van der Waals surface area contributed by atoms with Gasteiger partial charge in [-0.1, -0.05) is 39.5 Å². The van der Waals surface area contributed by atoms with Gasteiger partial charge in [-0.2, -0.15) is 0 Å². The highest BCUT2D eigenvalue weighted by Gasteiger charge is 2.24. The maximum absolute atomic E-state index is 5.98. The van der Waals surface area contributed by atoms with Gasteiger partial charge in [0, 0.05) is 25.7 Å². The molecule has 2 aromatic heterocycles. The molecule has 8 heteroatoms. The highest BCUT2D eigenvalue weighted by atomic mass is 16.5. The molecule has 0 saturated heterocycles. The van der Waals surface area contributed by atoms with Gasteiger partial charge in [0.15, 0.2) is 13.1 Å². The van der Waals surface area contributed by atoms with Crippen LogP contribution in [0.4, 0.5) is 11.8 Å². The summed E-state index contributed by atoms with van der Waals surface area (Å²) >= 11 is 0. The minimum atomic E-state index is 0.436. The van der Waals surface area contributed by atoms with Gasteiger partial charge in [0.05, 0.1) is 0 Å². The van der Waals surface area contributed by atoms with Gasteiger partial charge in [-0.3, -0.25) is 9.05 Å². The van der Waals surface area contributed by atoms with Crippen LogP contribution in [0.3, 0.4) is 0 Å². The Morgan fingerprint density at radius 3 is 1.46 bits per heavy atom. The second-order valence-corrected chi connectivity index (χ2v) is 7.54. The van der Waals surface area contributed by atoms with Gasteiger partial charge >= 0.3 is 0 Å². The fraction of sp³-hybridized carbons (Fsp3) is 0.800. The Labute approximate surface area is 168 Å². The van der Waals surface area contributed by atoms with Crippen LogP contribution < -0.4 is 20.8 Å². The summed E-state index contributed by atoms with van der Waals surface area (Å²) in [7, 11) is 0. The van der Waals surface area contributed by atoms with Crippen LogP contribution >= 0.6 is 0 Å². The Kier molecular flexibility index (Phi) is 9.79. The molecule has 0 aliphatic heterocycles. The lowest BCUT2D eigenvalue weighted by atomic mass is 10.1. The largest absolute Gasteiger partial charge is 0.362 e. The zero-order valence-electron chi connectivity index (χ0n) is 17.7. The predicted molar refractivity (Wildman–Crippen MR) is 107 cm³/mol. The van der Waals surface area contributed by atoms with Crippen molar-refractivity contribution in [2.24, 2.45) is 0 Å². The zero-order chi connectivity index (χ0) is 20.2. The first kappa shape index (κ1) is 22.2. The van der Waals surface area contributed by atoms with Crippen LogP contribution in [0.15, 0.2) is 9.05 Å². The van der Waals surface area contributed by atoms with Crippen LogP contribution in [0.2, 0.25) is 0 Å². The number of rotatable bonds is 15. The van der Waals surface area contributed by atoms with Gasteiger partial charge in [-0.05, 0) is 35.0 Å². The number of unbranched alkanes of at least 4 members (excludes halogenated alkanes) is 7. The van der Waals surface area contributed by atoms with E-state index in [9.17, 15) is 0 Å². The molecule has 2 aromatic rings. The first-order chi connectivity index (χ1) is 13.7. The molecule has 0 amide bonds. The summed E-state index contributed by atoms with van der Waals surface area (Å²) in [5, 5.41) is 8.17. The predicted octanol–water partition coefficient (Wildman–Crippen LogP) is 3.13. The molecule has 0 aliphatic carbocycles. The highest BCUT2D eigenvalue weighted by Crippen LogP contribution is 2.14. The summed E-state index contributed by atoms with van der Waals surface area (Å²) in [6.45, 7) is 6.16. The molecule has 0 aliphatic rings. The van der Waals surface area contributed by atoms with Crippen molar-refractivity contribution in [2.45, 2.75) is 104 Å². The number of aryl methyl sites for hydroxylation is 2.